The first-order chi connectivity index (χ1) is 4.77. The van der Waals surface area contributed by atoms with Crippen molar-refractivity contribution in [1.29, 1.82) is 0 Å². The van der Waals surface area contributed by atoms with Crippen LogP contribution in [0.25, 0.3) is 0 Å². The molecule has 1 aliphatic heterocycles. The summed E-state index contributed by atoms with van der Waals surface area (Å²) in [6.45, 7) is 5.67. The van der Waals surface area contributed by atoms with E-state index >= 15 is 0 Å². The molecule has 0 amide bonds. The average Bonchev–Trinajstić information content (AvgIpc) is 1.89. The Bertz CT molecular complexity index is 121. The fraction of sp³-hybridized carbons (Fsp3) is 0.714. The molecule has 0 aromatic rings. The summed E-state index contributed by atoms with van der Waals surface area (Å²) < 4.78 is 5.28. The summed E-state index contributed by atoms with van der Waals surface area (Å²) in [5.74, 6) is 3.66. The van der Waals surface area contributed by atoms with Gasteiger partial charge in [0.15, 0.2) is 0 Å². The van der Waals surface area contributed by atoms with Gasteiger partial charge in [0, 0.05) is 11.5 Å². The summed E-state index contributed by atoms with van der Waals surface area (Å²) in [5.41, 5.74) is 0. The van der Waals surface area contributed by atoms with Crippen molar-refractivity contribution in [2.24, 2.45) is 0 Å². The molecule has 1 heterocycles. The maximum absolute atomic E-state index is 5.28. The van der Waals surface area contributed by atoms with Crippen molar-refractivity contribution < 1.29 is 4.74 Å². The van der Waals surface area contributed by atoms with Crippen molar-refractivity contribution in [2.45, 2.75) is 0 Å². The van der Waals surface area contributed by atoms with E-state index in [4.69, 9.17) is 4.74 Å². The fourth-order valence-corrected chi connectivity index (χ4v) is 3.95. The smallest absolute Gasteiger partial charge is 0.0545 e. The molecular weight excluding hydrogens is 163 g/mol. The van der Waals surface area contributed by atoms with E-state index in [9.17, 15) is 0 Å². The van der Waals surface area contributed by atoms with Crippen molar-refractivity contribution in [2.75, 3.05) is 30.5 Å². The van der Waals surface area contributed by atoms with E-state index in [1.165, 1.54) is 17.3 Å². The number of hydrogen-bond acceptors (Lipinski definition) is 1. The fourth-order valence-electron chi connectivity index (χ4n) is 1.06. The van der Waals surface area contributed by atoms with Gasteiger partial charge in [0.25, 0.3) is 0 Å². The normalized spacial score (nSPS) is 27.3. The van der Waals surface area contributed by atoms with Crippen LogP contribution in [0.2, 0.25) is 0 Å². The van der Waals surface area contributed by atoms with Crippen LogP contribution in [0, 0.1) is 0 Å². The van der Waals surface area contributed by atoms with Gasteiger partial charge in [-0.3, -0.25) is 0 Å². The lowest BCUT2D eigenvalue weighted by atomic mass is 10.7. The van der Waals surface area contributed by atoms with Gasteiger partial charge < -0.3 is 4.74 Å². The Kier molecular flexibility index (Phi) is 3.22. The van der Waals surface area contributed by atoms with E-state index in [1.54, 1.807) is 0 Å². The Morgan fingerprint density at radius 3 is 2.60 bits per heavy atom. The molecule has 0 aromatic heterocycles. The van der Waals surface area contributed by atoms with Crippen LogP contribution in [-0.2, 0) is 4.74 Å². The van der Waals surface area contributed by atoms with Gasteiger partial charge in [0.05, 0.1) is 13.2 Å². The molecule has 0 spiro atoms. The number of hydrogen-bond donors (Lipinski definition) is 0. The van der Waals surface area contributed by atoms with Gasteiger partial charge in [0.2, 0.25) is 0 Å². The second kappa shape index (κ2) is 3.75. The lowest BCUT2D eigenvalue weighted by Crippen LogP contribution is -2.20. The van der Waals surface area contributed by atoms with Crippen LogP contribution in [0.4, 0.5) is 0 Å². The molecule has 0 radical (unpaired) electrons. The van der Waals surface area contributed by atoms with E-state index in [1.807, 2.05) is 6.08 Å². The van der Waals surface area contributed by atoms with Crippen molar-refractivity contribution in [3.63, 3.8) is 0 Å². The SMILES string of the molecule is C=CCS1(P)CCOCC1. The lowest BCUT2D eigenvalue weighted by molar-refractivity contribution is 0.160. The van der Waals surface area contributed by atoms with Crippen LogP contribution in [0.5, 0.6) is 0 Å². The zero-order valence-electron chi connectivity index (χ0n) is 6.21. The first-order valence-corrected chi connectivity index (χ1v) is 7.11. The van der Waals surface area contributed by atoms with Gasteiger partial charge >= 0.3 is 0 Å². The van der Waals surface area contributed by atoms with E-state index in [0.717, 1.165) is 13.2 Å². The minimum Gasteiger partial charge on any atom is -0.380 e. The highest BCUT2D eigenvalue weighted by Gasteiger charge is 2.19. The van der Waals surface area contributed by atoms with Crippen molar-refractivity contribution >= 4 is 18.1 Å². The molecule has 0 aliphatic carbocycles. The Hall–Kier alpha value is 0.480. The van der Waals surface area contributed by atoms with Gasteiger partial charge in [-0.1, -0.05) is 14.5 Å². The summed E-state index contributed by atoms with van der Waals surface area (Å²) in [6.07, 6.45) is 2.04. The highest BCUT2D eigenvalue weighted by molar-refractivity contribution is 8.68. The Labute approximate surface area is 66.5 Å². The second-order valence-electron chi connectivity index (χ2n) is 2.59. The van der Waals surface area contributed by atoms with Crippen LogP contribution in [-0.4, -0.2) is 30.5 Å². The highest BCUT2D eigenvalue weighted by atomic mass is 32.8. The monoisotopic (exact) mass is 178 g/mol. The number of rotatable bonds is 2. The molecule has 1 aliphatic rings. The van der Waals surface area contributed by atoms with Crippen molar-refractivity contribution in [3.05, 3.63) is 12.7 Å². The second-order valence-corrected chi connectivity index (χ2v) is 8.96. The number of ether oxygens (including phenoxy) is 1. The zero-order valence-corrected chi connectivity index (χ0v) is 8.19. The predicted octanol–water partition coefficient (Wildman–Crippen LogP) is 1.80. The maximum atomic E-state index is 5.28. The topological polar surface area (TPSA) is 9.23 Å². The molecule has 0 aromatic carbocycles. The van der Waals surface area contributed by atoms with Gasteiger partial charge in [-0.15, -0.1) is 6.58 Å². The van der Waals surface area contributed by atoms with Gasteiger partial charge in [0.1, 0.15) is 0 Å². The van der Waals surface area contributed by atoms with Crippen molar-refractivity contribution in [1.82, 2.24) is 0 Å². The van der Waals surface area contributed by atoms with Crippen LogP contribution in [0.3, 0.4) is 0 Å². The molecule has 1 saturated heterocycles. The van der Waals surface area contributed by atoms with Crippen LogP contribution in [0.15, 0.2) is 12.7 Å². The molecule has 1 unspecified atom stereocenters. The summed E-state index contributed by atoms with van der Waals surface area (Å²) in [6, 6.07) is 0. The summed E-state index contributed by atoms with van der Waals surface area (Å²) >= 11 is 0. The van der Waals surface area contributed by atoms with E-state index in [2.05, 4.69) is 15.0 Å². The molecule has 0 saturated carbocycles. The first-order valence-electron chi connectivity index (χ1n) is 3.50. The molecule has 60 valence electrons. The maximum Gasteiger partial charge on any atom is 0.0545 e. The van der Waals surface area contributed by atoms with E-state index in [0.29, 0.717) is 0 Å². The summed E-state index contributed by atoms with van der Waals surface area (Å²) in [7, 11) is 2.60. The minimum atomic E-state index is -0.417. The molecule has 3 heteroatoms. The summed E-state index contributed by atoms with van der Waals surface area (Å²) in [4.78, 5) is 0. The lowest BCUT2D eigenvalue weighted by Gasteiger charge is -2.37. The van der Waals surface area contributed by atoms with Gasteiger partial charge in [-0.2, -0.15) is 0 Å². The quantitative estimate of drug-likeness (QED) is 0.463. The van der Waals surface area contributed by atoms with Crippen LogP contribution >= 0.6 is 18.1 Å². The highest BCUT2D eigenvalue weighted by Crippen LogP contribution is 2.56. The third-order valence-electron chi connectivity index (χ3n) is 1.72. The predicted molar refractivity (Wildman–Crippen MR) is 52.9 cm³/mol. The van der Waals surface area contributed by atoms with Gasteiger partial charge in [-0.05, 0) is 5.75 Å². The molecule has 1 atom stereocenters. The van der Waals surface area contributed by atoms with Gasteiger partial charge in [-0.25, -0.2) is 9.65 Å². The van der Waals surface area contributed by atoms with E-state index in [-0.39, 0.29) is 0 Å². The molecule has 1 fully saturated rings. The summed E-state index contributed by atoms with van der Waals surface area (Å²) in [5, 5.41) is 0. The first kappa shape index (κ1) is 8.58. The molecule has 0 bridgehead atoms. The standard InChI is InChI=1S/C7H15OPS/c1-2-5-10(9)6-3-8-4-7-10/h2H,1,3-7,9H2. The molecular formula is C7H15OPS. The molecule has 1 nitrogen and oxygen atoms in total. The average molecular weight is 178 g/mol. The van der Waals surface area contributed by atoms with Crippen LogP contribution < -0.4 is 0 Å². The zero-order chi connectivity index (χ0) is 7.45. The molecule has 1 rings (SSSR count). The Morgan fingerprint density at radius 2 is 2.10 bits per heavy atom. The Morgan fingerprint density at radius 1 is 1.50 bits per heavy atom. The Balaban J connectivity index is 2.39. The third-order valence-corrected chi connectivity index (χ3v) is 6.57. The third kappa shape index (κ3) is 2.26. The van der Waals surface area contributed by atoms with Crippen LogP contribution in [0.1, 0.15) is 0 Å². The van der Waals surface area contributed by atoms with Crippen molar-refractivity contribution in [3.8, 4) is 0 Å². The molecule has 10 heavy (non-hydrogen) atoms. The van der Waals surface area contributed by atoms with E-state index < -0.39 is 9.65 Å². The largest absolute Gasteiger partial charge is 0.380 e. The minimum absolute atomic E-state index is 0.417. The molecule has 0 N–H and O–H groups in total.